The first kappa shape index (κ1) is 74.4. The van der Waals surface area contributed by atoms with Crippen molar-refractivity contribution in [1.82, 2.24) is 0 Å². The number of methoxy groups -OCH3 is 2. The number of nitrogens with zero attached hydrogens (tertiary/aromatic N) is 1. The van der Waals surface area contributed by atoms with Crippen LogP contribution in [0, 0.1) is 0 Å². The summed E-state index contributed by atoms with van der Waals surface area (Å²) in [5.41, 5.74) is 0.159. The third-order valence-electron chi connectivity index (χ3n) is 17.9. The zero-order valence-corrected chi connectivity index (χ0v) is 58.5. The van der Waals surface area contributed by atoms with E-state index in [-0.39, 0.29) is 38.0 Å². The molecule has 536 valence electrons. The lowest BCUT2D eigenvalue weighted by atomic mass is 9.80. The minimum absolute atomic E-state index is 0.00333. The second-order valence-corrected chi connectivity index (χ2v) is 24.9. The molecular formula is C81H78NO21P+2. The number of esters is 6. The van der Waals surface area contributed by atoms with Crippen molar-refractivity contribution in [2.24, 2.45) is 0 Å². The van der Waals surface area contributed by atoms with Crippen molar-refractivity contribution < 1.29 is 104 Å². The van der Waals surface area contributed by atoms with Crippen LogP contribution in [0.2, 0.25) is 0 Å². The van der Waals surface area contributed by atoms with Crippen molar-refractivity contribution in [2.75, 3.05) is 47.1 Å². The Bertz CT molecular complexity index is 4240. The maximum atomic E-state index is 15.2. The summed E-state index contributed by atoms with van der Waals surface area (Å²) in [6.07, 6.45) is -19.6. The van der Waals surface area contributed by atoms with E-state index >= 15 is 19.2 Å². The van der Waals surface area contributed by atoms with Gasteiger partial charge in [0, 0.05) is 4.57 Å². The number of rotatable bonds is 30. The van der Waals surface area contributed by atoms with Crippen molar-refractivity contribution in [3.8, 4) is 11.5 Å². The minimum Gasteiger partial charge on any atom is -0.497 e. The maximum Gasteiger partial charge on any atom is 0.753 e. The standard InChI is InChI=1S/C81H78NO21P/c1-6-82(7-2,8-3)103-104(89)102-80-72(100-78(88)59-40-26-14-27-41-59)70(98-76(86)57-36-22-12-23-37-57)68(65(95-80)52-92-73(83)54-30-16-9-17-31-54)101-79-71(99-77(87)58-38-24-13-25-39-58)69(97-75(85)56-34-20-11-21-35-56)67(96-74(84)55-32-18-10-19-33-55)66(94-79)53-93-81(60-42-28-15-29-43-60,61-44-48-63(90-4)49-45-61)62-46-50-64(91-5)51-47-62/h9-51,65-72,79-80H,6-8,52-53H2,1-5H3/q+2/t65-,66-,67+,68-,69+,70+,71-,72+,79+,80-/m1/s1. The van der Waals surface area contributed by atoms with Gasteiger partial charge in [0.05, 0.1) is 58.8 Å². The van der Waals surface area contributed by atoms with E-state index in [1.165, 1.54) is 87.0 Å². The average Bonchev–Trinajstić information content (AvgIpc) is 0.743. The average molecular weight is 1430 g/mol. The highest BCUT2D eigenvalue weighted by molar-refractivity contribution is 7.33. The first-order valence-electron chi connectivity index (χ1n) is 33.8. The van der Waals surface area contributed by atoms with Crippen LogP contribution in [0.3, 0.4) is 0 Å². The van der Waals surface area contributed by atoms with E-state index < -0.39 is 124 Å². The minimum atomic E-state index is -3.27. The highest BCUT2D eigenvalue weighted by Crippen LogP contribution is 2.45. The normalized spacial score (nSPS) is 20.3. The van der Waals surface area contributed by atoms with Crippen molar-refractivity contribution in [2.45, 2.75) is 87.8 Å². The summed E-state index contributed by atoms with van der Waals surface area (Å²) in [7, 11) is -0.197. The van der Waals surface area contributed by atoms with Crippen molar-refractivity contribution in [3.63, 3.8) is 0 Å². The molecule has 0 spiro atoms. The molecule has 9 aromatic carbocycles. The van der Waals surface area contributed by atoms with Gasteiger partial charge in [-0.1, -0.05) is 168 Å². The van der Waals surface area contributed by atoms with Crippen LogP contribution in [0.25, 0.3) is 0 Å². The molecule has 0 amide bonds. The summed E-state index contributed by atoms with van der Waals surface area (Å²) >= 11 is 0. The second kappa shape index (κ2) is 35.4. The lowest BCUT2D eigenvalue weighted by molar-refractivity contribution is -1.08. The SMILES string of the molecule is CC[N+](CC)(CC)O[P+](=O)O[C@H]1O[C@H](COC(=O)c2ccccc2)[C@@H](O[C@@H]2O[C@H](COC(c3ccccc3)(c3ccc(OC)cc3)c3ccc(OC)cc3)[C@H](OC(=O)c3ccccc3)[C@H](OC(=O)c3ccccc3)[C@H]2OC(=O)c2ccccc2)[C@H](OC(=O)c2ccccc2)[C@@H]1OC(=O)c1ccccc1. The molecule has 1 unspecified atom stereocenters. The first-order chi connectivity index (χ1) is 50.7. The van der Waals surface area contributed by atoms with Crippen molar-refractivity contribution in [1.29, 1.82) is 0 Å². The van der Waals surface area contributed by atoms with Gasteiger partial charge in [0.1, 0.15) is 61.7 Å². The molecule has 2 aliphatic heterocycles. The van der Waals surface area contributed by atoms with Gasteiger partial charge in [-0.25, -0.2) is 28.8 Å². The highest BCUT2D eigenvalue weighted by Gasteiger charge is 2.61. The van der Waals surface area contributed by atoms with Gasteiger partial charge in [0.2, 0.25) is 0 Å². The first-order valence-corrected chi connectivity index (χ1v) is 34.9. The van der Waals surface area contributed by atoms with Gasteiger partial charge >= 0.3 is 44.1 Å². The van der Waals surface area contributed by atoms with Gasteiger partial charge in [-0.2, -0.15) is 0 Å². The quantitative estimate of drug-likeness (QED) is 0.0101. The molecule has 0 bridgehead atoms. The lowest BCUT2D eigenvalue weighted by Crippen LogP contribution is -2.67. The van der Waals surface area contributed by atoms with E-state index in [2.05, 4.69) is 0 Å². The number of hydrogen-bond donors (Lipinski definition) is 0. The summed E-state index contributed by atoms with van der Waals surface area (Å²) in [6.45, 7) is 5.03. The Balaban J connectivity index is 1.14. The van der Waals surface area contributed by atoms with Gasteiger partial charge in [0.25, 0.3) is 6.29 Å². The molecule has 104 heavy (non-hydrogen) atoms. The predicted molar refractivity (Wildman–Crippen MR) is 377 cm³/mol. The number of benzene rings is 9. The number of hydroxylamine groups is 3. The van der Waals surface area contributed by atoms with Crippen LogP contribution in [-0.4, -0.2) is 149 Å². The Morgan fingerprint density at radius 1 is 0.365 bits per heavy atom. The van der Waals surface area contributed by atoms with E-state index in [4.69, 9.17) is 66.0 Å². The molecule has 2 saturated heterocycles. The van der Waals surface area contributed by atoms with E-state index in [0.717, 1.165) is 0 Å². The molecule has 2 heterocycles. The fourth-order valence-corrected chi connectivity index (χ4v) is 13.2. The molecular weight excluding hydrogens is 1350 g/mol. The summed E-state index contributed by atoms with van der Waals surface area (Å²) in [4.78, 5) is 89.7. The van der Waals surface area contributed by atoms with Gasteiger partial charge < -0.3 is 56.8 Å². The molecule has 0 saturated carbocycles. The van der Waals surface area contributed by atoms with Crippen LogP contribution in [0.1, 0.15) is 99.6 Å². The summed E-state index contributed by atoms with van der Waals surface area (Å²) < 4.78 is 106. The van der Waals surface area contributed by atoms with Crippen LogP contribution in [0.4, 0.5) is 0 Å². The summed E-state index contributed by atoms with van der Waals surface area (Å²) in [5, 5.41) is 0. The highest BCUT2D eigenvalue weighted by atomic mass is 31.1. The zero-order chi connectivity index (χ0) is 73.0. The van der Waals surface area contributed by atoms with E-state index in [0.29, 0.717) is 47.8 Å². The van der Waals surface area contributed by atoms with Crippen LogP contribution < -0.4 is 9.47 Å². The fourth-order valence-electron chi connectivity index (χ4n) is 12.2. The Kier molecular flexibility index (Phi) is 25.3. The van der Waals surface area contributed by atoms with Gasteiger partial charge in [-0.3, -0.25) is 0 Å². The molecule has 0 aromatic heterocycles. The van der Waals surface area contributed by atoms with Crippen molar-refractivity contribution >= 4 is 44.1 Å². The molecule has 11 atom stereocenters. The largest absolute Gasteiger partial charge is 0.753 e. The lowest BCUT2D eigenvalue weighted by Gasteiger charge is -2.48. The topological polar surface area (TPSA) is 249 Å². The van der Waals surface area contributed by atoms with Crippen LogP contribution in [-0.2, 0) is 66.7 Å². The molecule has 23 heteroatoms. The van der Waals surface area contributed by atoms with Gasteiger partial charge in [-0.15, -0.1) is 4.65 Å². The van der Waals surface area contributed by atoms with E-state index in [9.17, 15) is 14.2 Å². The molecule has 0 aliphatic carbocycles. The van der Waals surface area contributed by atoms with Gasteiger partial charge in [0.15, 0.2) is 36.8 Å². The number of carbonyl (C=O) groups excluding carboxylic acids is 6. The number of quaternary nitrogens is 1. The van der Waals surface area contributed by atoms with Crippen molar-refractivity contribution in [3.05, 3.63) is 311 Å². The molecule has 9 aromatic rings. The Hall–Kier alpha value is -10.8. The Labute approximate surface area is 602 Å². The summed E-state index contributed by atoms with van der Waals surface area (Å²) in [5.74, 6) is -4.89. The van der Waals surface area contributed by atoms with E-state index in [1.807, 2.05) is 75.4 Å². The molecule has 11 rings (SSSR count). The predicted octanol–water partition coefficient (Wildman–Crippen LogP) is 13.3. The monoisotopic (exact) mass is 1430 g/mol. The zero-order valence-electron chi connectivity index (χ0n) is 57.6. The number of ether oxygens (including phenoxy) is 12. The molecule has 0 radical (unpaired) electrons. The van der Waals surface area contributed by atoms with E-state index in [1.54, 1.807) is 133 Å². The molecule has 22 nitrogen and oxygen atoms in total. The van der Waals surface area contributed by atoms with Crippen LogP contribution in [0.15, 0.2) is 261 Å². The Morgan fingerprint density at radius 2 is 0.673 bits per heavy atom. The molecule has 2 fully saturated rings. The smallest absolute Gasteiger partial charge is 0.497 e. The third-order valence-corrected chi connectivity index (χ3v) is 18.8. The summed E-state index contributed by atoms with van der Waals surface area (Å²) in [6, 6.07) is 70.6. The maximum absolute atomic E-state index is 15.2. The Morgan fingerprint density at radius 3 is 1.05 bits per heavy atom. The number of carbonyl (C=O) groups is 6. The molecule has 0 N–H and O–H groups in total. The van der Waals surface area contributed by atoms with Gasteiger partial charge in [-0.05, 0) is 135 Å². The number of hydrogen-bond acceptors (Lipinski definition) is 21. The van der Waals surface area contributed by atoms with Crippen LogP contribution >= 0.6 is 8.25 Å². The molecule has 2 aliphatic rings. The second-order valence-electron chi connectivity index (χ2n) is 24.1. The van der Waals surface area contributed by atoms with Crippen LogP contribution in [0.5, 0.6) is 11.5 Å². The third kappa shape index (κ3) is 17.8. The fraction of sp³-hybridized carbons (Fsp3) is 0.259.